The van der Waals surface area contributed by atoms with Crippen molar-refractivity contribution in [1.82, 2.24) is 15.0 Å². The number of aliphatic hydroxyl groups is 1. The molecule has 7 heteroatoms. The first-order chi connectivity index (χ1) is 9.60. The molecule has 1 unspecified atom stereocenters. The standard InChI is InChI=1S/C13H18FN5O/c1-8(14)4-5-9(7-20)17-12-11-10(3-2-6-16-11)18-13(15)19-12/h2-3,6,8-9,20H,4-5,7H2,1H3,(H3,15,17,18,19)/t8?,9-/m1/s1. The monoisotopic (exact) mass is 279 g/mol. The maximum atomic E-state index is 12.9. The van der Waals surface area contributed by atoms with Crippen LogP contribution in [0.25, 0.3) is 11.0 Å². The molecular weight excluding hydrogens is 261 g/mol. The Hall–Kier alpha value is -2.02. The van der Waals surface area contributed by atoms with Crippen molar-refractivity contribution >= 4 is 22.8 Å². The van der Waals surface area contributed by atoms with E-state index < -0.39 is 6.17 Å². The fraction of sp³-hybridized carbons (Fsp3) is 0.462. The summed E-state index contributed by atoms with van der Waals surface area (Å²) < 4.78 is 12.9. The minimum atomic E-state index is -0.906. The highest BCUT2D eigenvalue weighted by molar-refractivity contribution is 5.85. The molecule has 20 heavy (non-hydrogen) atoms. The number of nitrogens with zero attached hydrogens (tertiary/aromatic N) is 3. The number of hydrogen-bond donors (Lipinski definition) is 3. The molecule has 0 saturated carbocycles. The molecule has 0 radical (unpaired) electrons. The summed E-state index contributed by atoms with van der Waals surface area (Å²) in [6.07, 6.45) is 1.58. The lowest BCUT2D eigenvalue weighted by Crippen LogP contribution is -2.25. The molecule has 6 nitrogen and oxygen atoms in total. The van der Waals surface area contributed by atoms with Gasteiger partial charge in [-0.05, 0) is 31.9 Å². The van der Waals surface area contributed by atoms with E-state index in [0.29, 0.717) is 29.7 Å². The third-order valence-electron chi connectivity index (χ3n) is 2.95. The van der Waals surface area contributed by atoms with Crippen molar-refractivity contribution in [2.75, 3.05) is 17.7 Å². The number of aromatic nitrogens is 3. The highest BCUT2D eigenvalue weighted by atomic mass is 19.1. The topological polar surface area (TPSA) is 97.0 Å². The lowest BCUT2D eigenvalue weighted by Gasteiger charge is -2.18. The first kappa shape index (κ1) is 14.4. The molecule has 2 rings (SSSR count). The van der Waals surface area contributed by atoms with Crippen molar-refractivity contribution in [3.8, 4) is 0 Å². The molecule has 0 amide bonds. The second-order valence-electron chi connectivity index (χ2n) is 4.68. The zero-order valence-corrected chi connectivity index (χ0v) is 11.3. The number of hydrogen-bond acceptors (Lipinski definition) is 6. The fourth-order valence-corrected chi connectivity index (χ4v) is 1.92. The van der Waals surface area contributed by atoms with Gasteiger partial charge >= 0.3 is 0 Å². The average Bonchev–Trinajstić information content (AvgIpc) is 2.42. The number of rotatable bonds is 6. The Morgan fingerprint density at radius 1 is 1.40 bits per heavy atom. The average molecular weight is 279 g/mol. The number of alkyl halides is 1. The number of nitrogen functional groups attached to an aromatic ring is 1. The Bertz CT molecular complexity index is 578. The van der Waals surface area contributed by atoms with Crippen molar-refractivity contribution in [1.29, 1.82) is 0 Å². The van der Waals surface area contributed by atoms with Gasteiger partial charge in [0.05, 0.1) is 24.3 Å². The summed E-state index contributed by atoms with van der Waals surface area (Å²) in [5.41, 5.74) is 6.85. The second-order valence-corrected chi connectivity index (χ2v) is 4.68. The van der Waals surface area contributed by atoms with Crippen LogP contribution in [0.2, 0.25) is 0 Å². The molecule has 108 valence electrons. The molecule has 0 aliphatic rings. The van der Waals surface area contributed by atoms with Crippen molar-refractivity contribution in [2.45, 2.75) is 32.0 Å². The summed E-state index contributed by atoms with van der Waals surface area (Å²) >= 11 is 0. The lowest BCUT2D eigenvalue weighted by molar-refractivity contribution is 0.252. The van der Waals surface area contributed by atoms with Crippen LogP contribution in [0.1, 0.15) is 19.8 Å². The third-order valence-corrected chi connectivity index (χ3v) is 2.95. The zero-order valence-electron chi connectivity index (χ0n) is 11.3. The summed E-state index contributed by atoms with van der Waals surface area (Å²) in [7, 11) is 0. The van der Waals surface area contributed by atoms with Crippen LogP contribution in [0, 0.1) is 0 Å². The third kappa shape index (κ3) is 3.51. The van der Waals surface area contributed by atoms with Crippen LogP contribution in [-0.4, -0.2) is 38.9 Å². The van der Waals surface area contributed by atoms with E-state index in [1.807, 2.05) is 0 Å². The molecule has 0 bridgehead atoms. The van der Waals surface area contributed by atoms with Gasteiger partial charge in [-0.3, -0.25) is 4.98 Å². The van der Waals surface area contributed by atoms with Gasteiger partial charge in [0.25, 0.3) is 0 Å². The molecule has 0 aliphatic carbocycles. The molecule has 2 aromatic rings. The minimum Gasteiger partial charge on any atom is -0.394 e. The van der Waals surface area contributed by atoms with E-state index in [9.17, 15) is 9.50 Å². The molecular formula is C13H18FN5O. The Balaban J connectivity index is 2.23. The maximum absolute atomic E-state index is 12.9. The largest absolute Gasteiger partial charge is 0.394 e. The van der Waals surface area contributed by atoms with Gasteiger partial charge in [-0.25, -0.2) is 9.37 Å². The second kappa shape index (κ2) is 6.42. The summed E-state index contributed by atoms with van der Waals surface area (Å²) in [4.78, 5) is 12.4. The van der Waals surface area contributed by atoms with Crippen LogP contribution in [0.5, 0.6) is 0 Å². The van der Waals surface area contributed by atoms with Crippen molar-refractivity contribution in [2.24, 2.45) is 0 Å². The van der Waals surface area contributed by atoms with Crippen LogP contribution < -0.4 is 11.1 Å². The van der Waals surface area contributed by atoms with E-state index in [1.54, 1.807) is 18.3 Å². The van der Waals surface area contributed by atoms with Gasteiger partial charge in [0.15, 0.2) is 5.82 Å². The number of nitrogens with two attached hydrogens (primary N) is 1. The quantitative estimate of drug-likeness (QED) is 0.741. The van der Waals surface area contributed by atoms with Crippen molar-refractivity contribution < 1.29 is 9.50 Å². The maximum Gasteiger partial charge on any atom is 0.222 e. The zero-order chi connectivity index (χ0) is 14.5. The number of halogens is 1. The van der Waals surface area contributed by atoms with E-state index in [0.717, 1.165) is 0 Å². The highest BCUT2D eigenvalue weighted by Gasteiger charge is 2.14. The van der Waals surface area contributed by atoms with E-state index in [1.165, 1.54) is 6.92 Å². The Labute approximate surface area is 116 Å². The first-order valence-electron chi connectivity index (χ1n) is 6.50. The number of aliphatic hydroxyl groups excluding tert-OH is 1. The van der Waals surface area contributed by atoms with Gasteiger partial charge in [-0.15, -0.1) is 0 Å². The molecule has 0 saturated heterocycles. The molecule has 0 aliphatic heterocycles. The first-order valence-corrected chi connectivity index (χ1v) is 6.50. The van der Waals surface area contributed by atoms with E-state index >= 15 is 0 Å². The molecule has 2 aromatic heterocycles. The van der Waals surface area contributed by atoms with E-state index in [2.05, 4.69) is 20.3 Å². The van der Waals surface area contributed by atoms with Gasteiger partial charge in [0.2, 0.25) is 5.95 Å². The van der Waals surface area contributed by atoms with E-state index in [4.69, 9.17) is 5.73 Å². The molecule has 0 aromatic carbocycles. The van der Waals surface area contributed by atoms with Gasteiger partial charge in [0, 0.05) is 6.20 Å². The van der Waals surface area contributed by atoms with Gasteiger partial charge in [0.1, 0.15) is 5.52 Å². The van der Waals surface area contributed by atoms with Gasteiger partial charge in [-0.1, -0.05) is 0 Å². The smallest absolute Gasteiger partial charge is 0.222 e. The minimum absolute atomic E-state index is 0.120. The van der Waals surface area contributed by atoms with Gasteiger partial charge in [-0.2, -0.15) is 4.98 Å². The number of pyridine rings is 1. The molecule has 4 N–H and O–H groups in total. The molecule has 2 atom stereocenters. The Morgan fingerprint density at radius 2 is 2.20 bits per heavy atom. The molecule has 0 spiro atoms. The summed E-state index contributed by atoms with van der Waals surface area (Å²) in [5, 5.41) is 12.4. The van der Waals surface area contributed by atoms with Crippen LogP contribution in [0.4, 0.5) is 16.2 Å². The molecule has 2 heterocycles. The Kier molecular flexibility index (Phi) is 4.62. The Morgan fingerprint density at radius 3 is 2.90 bits per heavy atom. The van der Waals surface area contributed by atoms with Crippen LogP contribution >= 0.6 is 0 Å². The summed E-state index contributed by atoms with van der Waals surface area (Å²) in [6, 6.07) is 3.24. The normalized spacial score (nSPS) is 14.2. The fourth-order valence-electron chi connectivity index (χ4n) is 1.92. The number of anilines is 2. The van der Waals surface area contributed by atoms with Gasteiger partial charge < -0.3 is 16.2 Å². The highest BCUT2D eigenvalue weighted by Crippen LogP contribution is 2.20. The number of fused-ring (bicyclic) bond motifs is 1. The predicted molar refractivity (Wildman–Crippen MR) is 76.0 cm³/mol. The van der Waals surface area contributed by atoms with E-state index in [-0.39, 0.29) is 18.6 Å². The number of nitrogens with one attached hydrogen (secondary N) is 1. The SMILES string of the molecule is CC(F)CC[C@H](CO)Nc1nc(N)nc2cccnc12. The summed E-state index contributed by atoms with van der Waals surface area (Å²) in [6.45, 7) is 1.37. The van der Waals surface area contributed by atoms with Crippen LogP contribution in [-0.2, 0) is 0 Å². The van der Waals surface area contributed by atoms with Crippen LogP contribution in [0.3, 0.4) is 0 Å². The van der Waals surface area contributed by atoms with Crippen LogP contribution in [0.15, 0.2) is 18.3 Å². The predicted octanol–water partition coefficient (Wildman–Crippen LogP) is 1.52. The van der Waals surface area contributed by atoms with Crippen molar-refractivity contribution in [3.05, 3.63) is 18.3 Å². The summed E-state index contributed by atoms with van der Waals surface area (Å²) in [5.74, 6) is 0.585. The lowest BCUT2D eigenvalue weighted by atomic mass is 10.1. The molecule has 0 fully saturated rings. The van der Waals surface area contributed by atoms with Crippen molar-refractivity contribution in [3.63, 3.8) is 0 Å².